The Balaban J connectivity index is 4.54. The Morgan fingerprint density at radius 1 is 0.643 bits per heavy atom. The molecule has 0 saturated carbocycles. The second-order valence-electron chi connectivity index (χ2n) is 7.25. The molecule has 0 aliphatic heterocycles. The van der Waals surface area contributed by atoms with Crippen molar-refractivity contribution in [2.45, 2.75) is 54.4 Å². The van der Waals surface area contributed by atoms with E-state index < -0.39 is 0 Å². The number of hydrogen-bond acceptors (Lipinski definition) is 1. The van der Waals surface area contributed by atoms with Crippen LogP contribution in [0.1, 0.15) is 54.4 Å². The lowest BCUT2D eigenvalue weighted by molar-refractivity contribution is 0.342. The van der Waals surface area contributed by atoms with Crippen molar-refractivity contribution in [1.82, 2.24) is 0 Å². The first kappa shape index (κ1) is 25.6. The van der Waals surface area contributed by atoms with Crippen LogP contribution in [0.2, 0.25) is 0 Å². The van der Waals surface area contributed by atoms with E-state index in [0.29, 0.717) is 0 Å². The molecule has 0 rings (SSSR count). The number of allylic oxidation sites excluding steroid dienone is 17. The quantitative estimate of drug-likeness (QED) is 0.288. The highest BCUT2D eigenvalue weighted by molar-refractivity contribution is 5.31. The van der Waals surface area contributed by atoms with Crippen LogP contribution in [0, 0.1) is 0 Å². The monoisotopic (exact) mass is 378 g/mol. The summed E-state index contributed by atoms with van der Waals surface area (Å²) in [4.78, 5) is 0. The highest BCUT2D eigenvalue weighted by atomic mass is 16.2. The molecule has 0 aliphatic rings. The van der Waals surface area contributed by atoms with Gasteiger partial charge in [0.1, 0.15) is 0 Å². The third-order valence-electron chi connectivity index (χ3n) is 3.86. The van der Waals surface area contributed by atoms with Crippen molar-refractivity contribution in [2.24, 2.45) is 0 Å². The summed E-state index contributed by atoms with van der Waals surface area (Å²) >= 11 is 0. The lowest BCUT2D eigenvalue weighted by atomic mass is 10.1. The predicted octanol–water partition coefficient (Wildman–Crippen LogP) is 7.74. The van der Waals surface area contributed by atoms with Gasteiger partial charge in [-0.25, -0.2) is 0 Å². The van der Waals surface area contributed by atoms with Gasteiger partial charge in [0.15, 0.2) is 0 Å². The lowest BCUT2D eigenvalue weighted by Gasteiger charge is -1.96. The molecule has 0 radical (unpaired) electrons. The maximum atomic E-state index is 8.74. The summed E-state index contributed by atoms with van der Waals surface area (Å²) in [5.74, 6) is 0. The third kappa shape index (κ3) is 17.1. The molecule has 1 heteroatoms. The van der Waals surface area contributed by atoms with Crippen LogP contribution in [-0.2, 0) is 0 Å². The van der Waals surface area contributed by atoms with Crippen molar-refractivity contribution in [3.8, 4) is 0 Å². The minimum Gasteiger partial charge on any atom is -0.392 e. The van der Waals surface area contributed by atoms with E-state index in [1.807, 2.05) is 31.2 Å². The van der Waals surface area contributed by atoms with E-state index >= 15 is 0 Å². The fraction of sp³-hybridized carbons (Fsp3) is 0.333. The normalized spacial score (nSPS) is 15.0. The zero-order valence-corrected chi connectivity index (χ0v) is 18.6. The molecule has 0 aromatic heterocycles. The fourth-order valence-corrected chi connectivity index (χ4v) is 2.21. The average Bonchev–Trinajstić information content (AvgIpc) is 2.63. The first-order chi connectivity index (χ1) is 13.3. The van der Waals surface area contributed by atoms with E-state index in [1.165, 1.54) is 22.3 Å². The first-order valence-electron chi connectivity index (χ1n) is 9.96. The van der Waals surface area contributed by atoms with Gasteiger partial charge in [-0.3, -0.25) is 0 Å². The summed E-state index contributed by atoms with van der Waals surface area (Å²) in [7, 11) is 0. The van der Waals surface area contributed by atoms with Gasteiger partial charge >= 0.3 is 0 Å². The summed E-state index contributed by atoms with van der Waals surface area (Å²) in [6, 6.07) is 0. The van der Waals surface area contributed by atoms with E-state index in [1.54, 1.807) is 6.08 Å². The molecule has 0 unspecified atom stereocenters. The molecule has 0 fully saturated rings. The van der Waals surface area contributed by atoms with Crippen LogP contribution in [0.3, 0.4) is 0 Å². The molecule has 28 heavy (non-hydrogen) atoms. The van der Waals surface area contributed by atoms with E-state index in [0.717, 1.165) is 18.4 Å². The molecule has 0 aromatic carbocycles. The number of aliphatic hydroxyl groups excluding tert-OH is 1. The van der Waals surface area contributed by atoms with E-state index in [4.69, 9.17) is 5.11 Å². The number of aliphatic hydroxyl groups is 1. The predicted molar refractivity (Wildman–Crippen MR) is 127 cm³/mol. The molecule has 1 N–H and O–H groups in total. The van der Waals surface area contributed by atoms with Crippen molar-refractivity contribution in [1.29, 1.82) is 0 Å². The first-order valence-corrected chi connectivity index (χ1v) is 9.96. The Hall–Kier alpha value is -2.38. The van der Waals surface area contributed by atoms with Gasteiger partial charge < -0.3 is 5.11 Å². The third-order valence-corrected chi connectivity index (χ3v) is 3.86. The SMILES string of the molecule is CC(C)=CCC/C(C)=C/C=C/C(C)=C/C=C/C(C)=C/C=C/C=C(C)/C=C/CO. The van der Waals surface area contributed by atoms with Crippen molar-refractivity contribution in [3.05, 3.63) is 107 Å². The standard InChI is InChI=1S/C27H38O/c1-23(2)13-9-16-26(5)18-11-20-27(6)19-10-17-24(3)14-7-8-15-25(4)21-12-22-28/h7-8,10-15,17-21,28H,9,16,22H2,1-6H3/b8-7+,17-10+,20-11+,21-12+,24-14+,25-15+,26-18+,27-19+. The average molecular weight is 379 g/mol. The van der Waals surface area contributed by atoms with Crippen molar-refractivity contribution >= 4 is 0 Å². The Bertz CT molecular complexity index is 709. The van der Waals surface area contributed by atoms with Crippen molar-refractivity contribution in [3.63, 3.8) is 0 Å². The minimum atomic E-state index is 0.0764. The van der Waals surface area contributed by atoms with Crippen LogP contribution >= 0.6 is 0 Å². The summed E-state index contributed by atoms with van der Waals surface area (Å²) in [5.41, 5.74) is 6.31. The Morgan fingerprint density at radius 3 is 1.68 bits per heavy atom. The molecule has 0 aliphatic carbocycles. The van der Waals surface area contributed by atoms with Gasteiger partial charge in [0.05, 0.1) is 6.61 Å². The minimum absolute atomic E-state index is 0.0764. The van der Waals surface area contributed by atoms with Crippen LogP contribution < -0.4 is 0 Å². The van der Waals surface area contributed by atoms with Crippen molar-refractivity contribution in [2.75, 3.05) is 6.61 Å². The topological polar surface area (TPSA) is 20.2 Å². The number of rotatable bonds is 11. The molecular formula is C27H38O. The molecule has 152 valence electrons. The Labute approximate surface area is 173 Å². The zero-order chi connectivity index (χ0) is 21.2. The van der Waals surface area contributed by atoms with Gasteiger partial charge in [0.25, 0.3) is 0 Å². The molecule has 0 bridgehead atoms. The highest BCUT2D eigenvalue weighted by Crippen LogP contribution is 2.07. The molecule has 0 amide bonds. The van der Waals surface area contributed by atoms with Crippen LogP contribution in [-0.4, -0.2) is 11.7 Å². The summed E-state index contributed by atoms with van der Waals surface area (Å²) in [5, 5.41) is 8.74. The smallest absolute Gasteiger partial charge is 0.0615 e. The van der Waals surface area contributed by atoms with E-state index in [-0.39, 0.29) is 6.61 Å². The molecule has 0 atom stereocenters. The van der Waals surface area contributed by atoms with Crippen LogP contribution in [0.15, 0.2) is 107 Å². The largest absolute Gasteiger partial charge is 0.392 e. The van der Waals surface area contributed by atoms with E-state index in [2.05, 4.69) is 83.2 Å². The van der Waals surface area contributed by atoms with Crippen LogP contribution in [0.5, 0.6) is 0 Å². The summed E-state index contributed by atoms with van der Waals surface area (Å²) in [6.45, 7) is 12.7. The second kappa shape index (κ2) is 16.8. The Morgan fingerprint density at radius 2 is 1.14 bits per heavy atom. The van der Waals surface area contributed by atoms with Gasteiger partial charge in [-0.1, -0.05) is 107 Å². The van der Waals surface area contributed by atoms with Crippen LogP contribution in [0.25, 0.3) is 0 Å². The molecule has 0 heterocycles. The molecule has 0 aromatic rings. The van der Waals surface area contributed by atoms with Gasteiger partial charge in [-0.05, 0) is 54.4 Å². The highest BCUT2D eigenvalue weighted by Gasteiger charge is 1.87. The van der Waals surface area contributed by atoms with Gasteiger partial charge in [0, 0.05) is 0 Å². The Kier molecular flexibility index (Phi) is 15.3. The lowest BCUT2D eigenvalue weighted by Crippen LogP contribution is -1.76. The maximum absolute atomic E-state index is 8.74. The van der Waals surface area contributed by atoms with Crippen LogP contribution in [0.4, 0.5) is 0 Å². The molecule has 0 saturated heterocycles. The molecular weight excluding hydrogens is 340 g/mol. The summed E-state index contributed by atoms with van der Waals surface area (Å²) < 4.78 is 0. The second-order valence-corrected chi connectivity index (χ2v) is 7.25. The van der Waals surface area contributed by atoms with Crippen molar-refractivity contribution < 1.29 is 5.11 Å². The fourth-order valence-electron chi connectivity index (χ4n) is 2.21. The van der Waals surface area contributed by atoms with Gasteiger partial charge in [-0.15, -0.1) is 0 Å². The maximum Gasteiger partial charge on any atom is 0.0615 e. The zero-order valence-electron chi connectivity index (χ0n) is 18.6. The number of hydrogen-bond donors (Lipinski definition) is 1. The van der Waals surface area contributed by atoms with Gasteiger partial charge in [0.2, 0.25) is 0 Å². The summed E-state index contributed by atoms with van der Waals surface area (Å²) in [6.07, 6.45) is 29.0. The van der Waals surface area contributed by atoms with E-state index in [9.17, 15) is 0 Å². The molecule has 0 spiro atoms. The van der Waals surface area contributed by atoms with Gasteiger partial charge in [-0.2, -0.15) is 0 Å². The molecule has 1 nitrogen and oxygen atoms in total.